The van der Waals surface area contributed by atoms with Gasteiger partial charge in [-0.25, -0.2) is 0 Å². The van der Waals surface area contributed by atoms with Gasteiger partial charge in [-0.2, -0.15) is 5.12 Å². The third-order valence-electron chi connectivity index (χ3n) is 0.923. The molecular weight excluding hydrogens is 485 g/mol. The molecule has 1 unspecified atom stereocenters. The van der Waals surface area contributed by atoms with E-state index in [1.807, 2.05) is 0 Å². The summed E-state index contributed by atoms with van der Waals surface area (Å²) in [5.41, 5.74) is 5.64. The van der Waals surface area contributed by atoms with E-state index in [9.17, 15) is 0 Å². The summed E-state index contributed by atoms with van der Waals surface area (Å²) in [6.45, 7) is 0. The van der Waals surface area contributed by atoms with Crippen LogP contribution in [0.4, 0.5) is 0 Å². The Kier molecular flexibility index (Phi) is 4.67. The van der Waals surface area contributed by atoms with Gasteiger partial charge in [0.15, 0.2) is 0 Å². The standard InChI is InChI=1S/C4H5I3N4/c5-3(6)1-4(7)11-9-2-8-10-11/h1-2,4,10H,(H,8,9). The summed E-state index contributed by atoms with van der Waals surface area (Å²) in [5, 5.41) is 5.75. The molecule has 0 saturated heterocycles. The van der Waals surface area contributed by atoms with Gasteiger partial charge in [0.2, 0.25) is 0 Å². The van der Waals surface area contributed by atoms with E-state index in [1.54, 1.807) is 11.5 Å². The predicted molar refractivity (Wildman–Crippen MR) is 70.5 cm³/mol. The third-order valence-corrected chi connectivity index (χ3v) is 2.53. The van der Waals surface area contributed by atoms with Crippen LogP contribution in [0, 0.1) is 0 Å². The zero-order chi connectivity index (χ0) is 8.27. The second-order valence-corrected chi connectivity index (χ2v) is 7.34. The number of nitrogens with zero attached hydrogens (tertiary/aromatic N) is 2. The highest BCUT2D eigenvalue weighted by Crippen LogP contribution is 2.20. The van der Waals surface area contributed by atoms with Crippen LogP contribution in [0.25, 0.3) is 0 Å². The van der Waals surface area contributed by atoms with E-state index in [0.29, 0.717) is 0 Å². The number of hydrazine groups is 2. The van der Waals surface area contributed by atoms with Crippen molar-refractivity contribution in [2.45, 2.75) is 4.05 Å². The minimum absolute atomic E-state index is 0.239. The van der Waals surface area contributed by atoms with Gasteiger partial charge in [0.25, 0.3) is 0 Å². The first kappa shape index (κ1) is 10.2. The summed E-state index contributed by atoms with van der Waals surface area (Å²) in [5.74, 6) is 0. The maximum Gasteiger partial charge on any atom is 0.137 e. The zero-order valence-corrected chi connectivity index (χ0v) is 11.7. The van der Waals surface area contributed by atoms with Crippen LogP contribution in [-0.4, -0.2) is 15.5 Å². The van der Waals surface area contributed by atoms with Gasteiger partial charge in [0.05, 0.1) is 1.59 Å². The van der Waals surface area contributed by atoms with Crippen molar-refractivity contribution >= 4 is 74.1 Å². The summed E-state index contributed by atoms with van der Waals surface area (Å²) >= 11 is 6.80. The van der Waals surface area contributed by atoms with Crippen molar-refractivity contribution in [3.63, 3.8) is 0 Å². The number of alkyl halides is 1. The fourth-order valence-electron chi connectivity index (χ4n) is 0.515. The SMILES string of the molecule is IC(I)=CC(I)N1N=CNN1. The number of nitrogens with one attached hydrogen (secondary N) is 2. The van der Waals surface area contributed by atoms with Crippen LogP contribution in [0.15, 0.2) is 12.8 Å². The molecule has 1 aliphatic rings. The Hall–Kier alpha value is 1.16. The van der Waals surface area contributed by atoms with E-state index in [1.165, 1.54) is 1.59 Å². The molecular formula is C4H5I3N4. The Balaban J connectivity index is 2.47. The van der Waals surface area contributed by atoms with E-state index >= 15 is 0 Å². The fraction of sp³-hybridized carbons (Fsp3) is 0.250. The normalized spacial score (nSPS) is 17.9. The van der Waals surface area contributed by atoms with Gasteiger partial charge >= 0.3 is 0 Å². The molecule has 0 saturated carbocycles. The van der Waals surface area contributed by atoms with Gasteiger partial charge in [-0.15, -0.1) is 10.6 Å². The Labute approximate surface area is 106 Å². The summed E-state index contributed by atoms with van der Waals surface area (Å²) in [7, 11) is 0. The van der Waals surface area contributed by atoms with Crippen LogP contribution in [0.2, 0.25) is 0 Å². The van der Waals surface area contributed by atoms with Crippen molar-refractivity contribution in [1.29, 1.82) is 0 Å². The molecule has 0 aromatic rings. The minimum atomic E-state index is 0.239. The van der Waals surface area contributed by atoms with E-state index < -0.39 is 0 Å². The Morgan fingerprint density at radius 3 is 2.82 bits per heavy atom. The van der Waals surface area contributed by atoms with E-state index in [-0.39, 0.29) is 4.05 Å². The van der Waals surface area contributed by atoms with Gasteiger partial charge in [0, 0.05) is 0 Å². The van der Waals surface area contributed by atoms with E-state index in [2.05, 4.69) is 89.9 Å². The molecule has 1 aliphatic heterocycles. The molecule has 11 heavy (non-hydrogen) atoms. The Bertz CT molecular complexity index is 188. The van der Waals surface area contributed by atoms with Gasteiger partial charge < -0.3 is 0 Å². The molecule has 4 nitrogen and oxygen atoms in total. The largest absolute Gasteiger partial charge is 0.291 e. The van der Waals surface area contributed by atoms with Crippen molar-refractivity contribution in [1.82, 2.24) is 16.1 Å². The third kappa shape index (κ3) is 3.59. The molecule has 1 heterocycles. The fourth-order valence-corrected chi connectivity index (χ4v) is 3.21. The highest BCUT2D eigenvalue weighted by atomic mass is 127. The van der Waals surface area contributed by atoms with Crippen molar-refractivity contribution in [3.8, 4) is 0 Å². The molecule has 62 valence electrons. The molecule has 2 N–H and O–H groups in total. The van der Waals surface area contributed by atoms with Crippen molar-refractivity contribution < 1.29 is 0 Å². The van der Waals surface area contributed by atoms with Gasteiger partial charge in [-0.05, 0) is 51.3 Å². The lowest BCUT2D eigenvalue weighted by Crippen LogP contribution is -2.39. The molecule has 0 aliphatic carbocycles. The summed E-state index contributed by atoms with van der Waals surface area (Å²) in [6, 6.07) is 0. The van der Waals surface area contributed by atoms with Crippen LogP contribution < -0.4 is 11.0 Å². The van der Waals surface area contributed by atoms with Gasteiger partial charge in [-0.3, -0.25) is 5.43 Å². The molecule has 0 spiro atoms. The lowest BCUT2D eigenvalue weighted by Gasteiger charge is -2.16. The average molecular weight is 490 g/mol. The first-order valence-electron chi connectivity index (χ1n) is 2.70. The molecule has 1 rings (SSSR count). The number of hydrogen-bond acceptors (Lipinski definition) is 4. The van der Waals surface area contributed by atoms with Crippen LogP contribution in [0.3, 0.4) is 0 Å². The Morgan fingerprint density at radius 2 is 2.36 bits per heavy atom. The van der Waals surface area contributed by atoms with E-state index in [4.69, 9.17) is 0 Å². The lowest BCUT2D eigenvalue weighted by atomic mass is 10.6. The van der Waals surface area contributed by atoms with Crippen LogP contribution in [0.5, 0.6) is 0 Å². The van der Waals surface area contributed by atoms with E-state index in [0.717, 1.165) is 0 Å². The highest BCUT2D eigenvalue weighted by Gasteiger charge is 2.12. The molecule has 0 aromatic carbocycles. The second kappa shape index (κ2) is 5.01. The average Bonchev–Trinajstić information content (AvgIpc) is 2.35. The molecule has 0 bridgehead atoms. The van der Waals surface area contributed by atoms with Gasteiger partial charge in [0.1, 0.15) is 10.4 Å². The molecule has 0 amide bonds. The maximum atomic E-state index is 4.02. The molecule has 0 fully saturated rings. The number of hydrazone groups is 1. The molecule has 1 atom stereocenters. The minimum Gasteiger partial charge on any atom is -0.291 e. The number of halogens is 3. The zero-order valence-electron chi connectivity index (χ0n) is 5.26. The first-order chi connectivity index (χ1) is 5.20. The molecule has 0 radical (unpaired) electrons. The Morgan fingerprint density at radius 1 is 1.64 bits per heavy atom. The van der Waals surface area contributed by atoms with Crippen molar-refractivity contribution in [3.05, 3.63) is 7.66 Å². The van der Waals surface area contributed by atoms with Crippen LogP contribution in [0.1, 0.15) is 0 Å². The predicted octanol–water partition coefficient (Wildman–Crippen LogP) is 1.73. The van der Waals surface area contributed by atoms with Crippen LogP contribution in [-0.2, 0) is 0 Å². The topological polar surface area (TPSA) is 39.7 Å². The monoisotopic (exact) mass is 490 g/mol. The summed E-state index contributed by atoms with van der Waals surface area (Å²) in [4.78, 5) is 0. The van der Waals surface area contributed by atoms with Crippen molar-refractivity contribution in [2.24, 2.45) is 5.10 Å². The first-order valence-corrected chi connectivity index (χ1v) is 6.10. The quantitative estimate of drug-likeness (QED) is 0.353. The lowest BCUT2D eigenvalue weighted by molar-refractivity contribution is 0.221. The maximum absolute atomic E-state index is 4.02. The van der Waals surface area contributed by atoms with Gasteiger partial charge in [-0.1, -0.05) is 22.6 Å². The molecule has 7 heteroatoms. The second-order valence-electron chi connectivity index (χ2n) is 1.67. The highest BCUT2D eigenvalue weighted by molar-refractivity contribution is 14.2. The summed E-state index contributed by atoms with van der Waals surface area (Å²) < 4.78 is 1.46. The smallest absolute Gasteiger partial charge is 0.137 e. The summed E-state index contributed by atoms with van der Waals surface area (Å²) in [6.07, 6.45) is 3.71. The van der Waals surface area contributed by atoms with Crippen LogP contribution >= 0.6 is 67.8 Å². The number of hydrogen-bond donors (Lipinski definition) is 2. The molecule has 0 aromatic heterocycles. The van der Waals surface area contributed by atoms with Crippen molar-refractivity contribution in [2.75, 3.05) is 0 Å². The number of rotatable bonds is 2.